The van der Waals surface area contributed by atoms with Gasteiger partial charge < -0.3 is 15.4 Å². The molecule has 2 N–H and O–H groups in total. The third kappa shape index (κ3) is 7.06. The third-order valence-electron chi connectivity index (χ3n) is 2.64. The van der Waals surface area contributed by atoms with E-state index in [0.717, 1.165) is 5.56 Å². The molecule has 0 aliphatic heterocycles. The summed E-state index contributed by atoms with van der Waals surface area (Å²) in [5.74, 6) is -0.763. The summed E-state index contributed by atoms with van der Waals surface area (Å²) >= 11 is 0. The maximum absolute atomic E-state index is 13.5. The fourth-order valence-electron chi connectivity index (χ4n) is 1.70. The Labute approximate surface area is 130 Å². The molecule has 0 unspecified atom stereocenters. The first-order valence-corrected chi connectivity index (χ1v) is 7.20. The first-order chi connectivity index (χ1) is 10.2. The molecule has 2 amide bonds. The lowest BCUT2D eigenvalue weighted by Gasteiger charge is -2.19. The first kappa shape index (κ1) is 17.9. The van der Waals surface area contributed by atoms with Gasteiger partial charge in [-0.15, -0.1) is 0 Å². The van der Waals surface area contributed by atoms with Crippen LogP contribution in [0, 0.1) is 12.7 Å². The number of ether oxygens (including phenoxy) is 1. The van der Waals surface area contributed by atoms with Crippen molar-refractivity contribution < 1.29 is 18.7 Å². The number of alkyl carbamates (subject to hydrolysis) is 1. The van der Waals surface area contributed by atoms with Crippen molar-refractivity contribution >= 4 is 17.7 Å². The van der Waals surface area contributed by atoms with Gasteiger partial charge >= 0.3 is 6.09 Å². The standard InChI is InChI=1S/C16H23FN2O3/c1-11-7-8-12(17)13(10-11)19-14(20)6-5-9-18-15(21)22-16(2,3)4/h7-8,10H,5-6,9H2,1-4H3,(H,18,21)(H,19,20). The molecular weight excluding hydrogens is 287 g/mol. The SMILES string of the molecule is Cc1ccc(F)c(NC(=O)CCCNC(=O)OC(C)(C)C)c1. The lowest BCUT2D eigenvalue weighted by Crippen LogP contribution is -2.33. The lowest BCUT2D eigenvalue weighted by atomic mass is 10.2. The van der Waals surface area contributed by atoms with Gasteiger partial charge in [0.05, 0.1) is 5.69 Å². The summed E-state index contributed by atoms with van der Waals surface area (Å²) in [5, 5.41) is 5.08. The fraction of sp³-hybridized carbons (Fsp3) is 0.500. The van der Waals surface area contributed by atoms with E-state index in [2.05, 4.69) is 10.6 Å². The molecule has 0 aliphatic carbocycles. The van der Waals surface area contributed by atoms with Crippen LogP contribution in [0.15, 0.2) is 18.2 Å². The first-order valence-electron chi connectivity index (χ1n) is 7.20. The number of hydrogen-bond donors (Lipinski definition) is 2. The van der Waals surface area contributed by atoms with Gasteiger partial charge in [-0.25, -0.2) is 9.18 Å². The van der Waals surface area contributed by atoms with E-state index in [1.807, 2.05) is 6.92 Å². The van der Waals surface area contributed by atoms with Crippen LogP contribution in [0.4, 0.5) is 14.9 Å². The number of aryl methyl sites for hydroxylation is 1. The summed E-state index contributed by atoms with van der Waals surface area (Å²) < 4.78 is 18.6. The molecule has 1 aromatic carbocycles. The number of carbonyl (C=O) groups is 2. The molecule has 6 heteroatoms. The van der Waals surface area contributed by atoms with Crippen molar-refractivity contribution in [3.8, 4) is 0 Å². The summed E-state index contributed by atoms with van der Waals surface area (Å²) in [6.07, 6.45) is 0.111. The number of nitrogens with one attached hydrogen (secondary N) is 2. The van der Waals surface area contributed by atoms with Crippen molar-refractivity contribution in [2.24, 2.45) is 0 Å². The molecular formula is C16H23FN2O3. The van der Waals surface area contributed by atoms with Gasteiger partial charge in [0.25, 0.3) is 0 Å². The summed E-state index contributed by atoms with van der Waals surface area (Å²) in [6.45, 7) is 7.46. The number of carbonyl (C=O) groups excluding carboxylic acids is 2. The second-order valence-corrected chi connectivity index (χ2v) is 6.06. The Bertz CT molecular complexity index is 539. The zero-order chi connectivity index (χ0) is 16.8. The Morgan fingerprint density at radius 3 is 2.59 bits per heavy atom. The van der Waals surface area contributed by atoms with Crippen molar-refractivity contribution in [2.75, 3.05) is 11.9 Å². The number of hydrogen-bond acceptors (Lipinski definition) is 3. The van der Waals surface area contributed by atoms with Crippen molar-refractivity contribution in [1.82, 2.24) is 5.32 Å². The van der Waals surface area contributed by atoms with E-state index in [0.29, 0.717) is 13.0 Å². The van der Waals surface area contributed by atoms with Gasteiger partial charge in [-0.1, -0.05) is 6.07 Å². The summed E-state index contributed by atoms with van der Waals surface area (Å²) in [4.78, 5) is 23.1. The summed E-state index contributed by atoms with van der Waals surface area (Å²) in [7, 11) is 0. The average molecular weight is 310 g/mol. The minimum absolute atomic E-state index is 0.171. The Balaban J connectivity index is 2.29. The van der Waals surface area contributed by atoms with Gasteiger partial charge in [0.15, 0.2) is 0 Å². The van der Waals surface area contributed by atoms with Crippen molar-refractivity contribution in [3.63, 3.8) is 0 Å². The highest BCUT2D eigenvalue weighted by Gasteiger charge is 2.15. The van der Waals surface area contributed by atoms with E-state index < -0.39 is 17.5 Å². The van der Waals surface area contributed by atoms with E-state index in [1.54, 1.807) is 32.9 Å². The van der Waals surface area contributed by atoms with Crippen molar-refractivity contribution in [3.05, 3.63) is 29.6 Å². The highest BCUT2D eigenvalue weighted by Crippen LogP contribution is 2.15. The van der Waals surface area contributed by atoms with E-state index in [4.69, 9.17) is 4.74 Å². The largest absolute Gasteiger partial charge is 0.444 e. The maximum Gasteiger partial charge on any atom is 0.407 e. The van der Waals surface area contributed by atoms with Gasteiger partial charge in [-0.3, -0.25) is 4.79 Å². The van der Waals surface area contributed by atoms with Gasteiger partial charge in [-0.05, 0) is 51.8 Å². The van der Waals surface area contributed by atoms with Crippen molar-refractivity contribution in [1.29, 1.82) is 0 Å². The number of benzene rings is 1. The number of amides is 2. The molecule has 0 aromatic heterocycles. The van der Waals surface area contributed by atoms with Crippen LogP contribution in [0.2, 0.25) is 0 Å². The highest BCUT2D eigenvalue weighted by atomic mass is 19.1. The lowest BCUT2D eigenvalue weighted by molar-refractivity contribution is -0.116. The summed E-state index contributed by atoms with van der Waals surface area (Å²) in [6, 6.07) is 4.52. The van der Waals surface area contributed by atoms with Gasteiger partial charge in [0.2, 0.25) is 5.91 Å². The van der Waals surface area contributed by atoms with Gasteiger partial charge in [-0.2, -0.15) is 0 Å². The van der Waals surface area contributed by atoms with E-state index >= 15 is 0 Å². The van der Waals surface area contributed by atoms with E-state index in [-0.39, 0.29) is 18.0 Å². The second kappa shape index (κ2) is 7.77. The van der Waals surface area contributed by atoms with Crippen LogP contribution < -0.4 is 10.6 Å². The van der Waals surface area contributed by atoms with Crippen LogP contribution in [-0.4, -0.2) is 24.1 Å². The van der Waals surface area contributed by atoms with Crippen LogP contribution in [0.5, 0.6) is 0 Å². The van der Waals surface area contributed by atoms with Crippen LogP contribution in [0.25, 0.3) is 0 Å². The third-order valence-corrected chi connectivity index (χ3v) is 2.64. The molecule has 0 bridgehead atoms. The molecule has 0 aliphatic rings. The number of rotatable bonds is 5. The normalized spacial score (nSPS) is 11.0. The van der Waals surface area contributed by atoms with Gasteiger partial charge in [0, 0.05) is 13.0 Å². The minimum atomic E-state index is -0.551. The molecule has 0 saturated heterocycles. The van der Waals surface area contributed by atoms with Crippen LogP contribution in [0.1, 0.15) is 39.2 Å². The number of halogens is 1. The van der Waals surface area contributed by atoms with E-state index in [1.165, 1.54) is 6.07 Å². The molecule has 0 fully saturated rings. The van der Waals surface area contributed by atoms with Crippen LogP contribution in [0.3, 0.4) is 0 Å². The highest BCUT2D eigenvalue weighted by molar-refractivity contribution is 5.90. The fourth-order valence-corrected chi connectivity index (χ4v) is 1.70. The Hall–Kier alpha value is -2.11. The second-order valence-electron chi connectivity index (χ2n) is 6.06. The molecule has 0 saturated carbocycles. The maximum atomic E-state index is 13.5. The zero-order valence-corrected chi connectivity index (χ0v) is 13.5. The Kier molecular flexibility index (Phi) is 6.34. The predicted octanol–water partition coefficient (Wildman–Crippen LogP) is 3.38. The van der Waals surface area contributed by atoms with Gasteiger partial charge in [0.1, 0.15) is 11.4 Å². The molecule has 5 nitrogen and oxygen atoms in total. The average Bonchev–Trinajstić information content (AvgIpc) is 2.37. The van der Waals surface area contributed by atoms with Crippen LogP contribution in [-0.2, 0) is 9.53 Å². The molecule has 1 rings (SSSR count). The van der Waals surface area contributed by atoms with E-state index in [9.17, 15) is 14.0 Å². The molecule has 122 valence electrons. The predicted molar refractivity (Wildman–Crippen MR) is 83.2 cm³/mol. The monoisotopic (exact) mass is 310 g/mol. The Morgan fingerprint density at radius 1 is 1.27 bits per heavy atom. The smallest absolute Gasteiger partial charge is 0.407 e. The Morgan fingerprint density at radius 2 is 1.95 bits per heavy atom. The van der Waals surface area contributed by atoms with Crippen molar-refractivity contribution in [2.45, 2.75) is 46.1 Å². The molecule has 0 spiro atoms. The molecule has 0 radical (unpaired) electrons. The quantitative estimate of drug-likeness (QED) is 0.819. The topological polar surface area (TPSA) is 67.4 Å². The number of anilines is 1. The van der Waals surface area contributed by atoms with Crippen LogP contribution >= 0.6 is 0 Å². The summed E-state index contributed by atoms with van der Waals surface area (Å²) in [5.41, 5.74) is 0.484. The molecule has 1 aromatic rings. The molecule has 0 heterocycles. The zero-order valence-electron chi connectivity index (χ0n) is 13.5. The minimum Gasteiger partial charge on any atom is -0.444 e. The molecule has 0 atom stereocenters. The molecule has 22 heavy (non-hydrogen) atoms.